The lowest BCUT2D eigenvalue weighted by Gasteiger charge is -2.13. The summed E-state index contributed by atoms with van der Waals surface area (Å²) in [6.07, 6.45) is 5.55. The van der Waals surface area contributed by atoms with Crippen LogP contribution in [0.3, 0.4) is 0 Å². The smallest absolute Gasteiger partial charge is 0.220 e. The van der Waals surface area contributed by atoms with Gasteiger partial charge in [-0.3, -0.25) is 4.79 Å². The van der Waals surface area contributed by atoms with E-state index < -0.39 is 0 Å². The van der Waals surface area contributed by atoms with Crippen molar-refractivity contribution in [2.45, 2.75) is 45.4 Å². The number of ether oxygens (including phenoxy) is 1. The Balaban J connectivity index is 1.77. The molecule has 0 aliphatic carbocycles. The van der Waals surface area contributed by atoms with Crippen LogP contribution in [0.2, 0.25) is 0 Å². The summed E-state index contributed by atoms with van der Waals surface area (Å²) in [5, 5.41) is 5.49. The Bertz CT molecular complexity index is 934. The fraction of sp³-hybridized carbons (Fsp3) is 0.346. The van der Waals surface area contributed by atoms with Gasteiger partial charge in [-0.25, -0.2) is 0 Å². The number of unbranched alkanes of at least 4 members (excludes halogenated alkanes) is 2. The van der Waals surface area contributed by atoms with Crippen LogP contribution in [0, 0.1) is 0 Å². The minimum absolute atomic E-state index is 0.153. The highest BCUT2D eigenvalue weighted by atomic mass is 16.5. The zero-order chi connectivity index (χ0) is 20.5. The number of methoxy groups -OCH3 is 1. The van der Waals surface area contributed by atoms with Gasteiger partial charge in [-0.2, -0.15) is 0 Å². The Morgan fingerprint density at radius 1 is 0.966 bits per heavy atom. The summed E-state index contributed by atoms with van der Waals surface area (Å²) in [6, 6.07) is 21.3. The van der Waals surface area contributed by atoms with Crippen LogP contribution >= 0.6 is 0 Å². The lowest BCUT2D eigenvalue weighted by Crippen LogP contribution is -2.25. The maximum absolute atomic E-state index is 12.0. The van der Waals surface area contributed by atoms with Gasteiger partial charge in [0.2, 0.25) is 5.91 Å². The van der Waals surface area contributed by atoms with Crippen LogP contribution in [0.15, 0.2) is 60.7 Å². The first-order valence-corrected chi connectivity index (χ1v) is 10.6. The quantitative estimate of drug-likeness (QED) is 0.453. The molecule has 3 aromatic carbocycles. The van der Waals surface area contributed by atoms with Crippen LogP contribution in [0.25, 0.3) is 10.8 Å². The Morgan fingerprint density at radius 2 is 1.79 bits per heavy atom. The van der Waals surface area contributed by atoms with E-state index in [9.17, 15) is 4.79 Å². The largest absolute Gasteiger partial charge is 0.497 e. The van der Waals surface area contributed by atoms with Gasteiger partial charge < -0.3 is 10.1 Å². The maximum atomic E-state index is 12.0. The van der Waals surface area contributed by atoms with Gasteiger partial charge in [0, 0.05) is 13.0 Å². The van der Waals surface area contributed by atoms with Crippen LogP contribution in [-0.2, 0) is 17.6 Å². The minimum atomic E-state index is 0.153. The molecule has 0 spiro atoms. The molecular weight excluding hydrogens is 358 g/mol. The zero-order valence-electron chi connectivity index (χ0n) is 17.5. The second-order valence-electron chi connectivity index (χ2n) is 7.56. The Morgan fingerprint density at radius 3 is 2.55 bits per heavy atom. The van der Waals surface area contributed by atoms with Crippen molar-refractivity contribution in [2.75, 3.05) is 13.7 Å². The maximum Gasteiger partial charge on any atom is 0.220 e. The van der Waals surface area contributed by atoms with Gasteiger partial charge in [0.25, 0.3) is 0 Å². The molecular formula is C26H31NO2. The van der Waals surface area contributed by atoms with Crippen molar-refractivity contribution in [1.82, 2.24) is 5.32 Å². The normalized spacial score (nSPS) is 10.8. The van der Waals surface area contributed by atoms with Gasteiger partial charge in [-0.05, 0) is 58.9 Å². The van der Waals surface area contributed by atoms with Crippen LogP contribution in [-0.4, -0.2) is 19.6 Å². The average molecular weight is 390 g/mol. The van der Waals surface area contributed by atoms with Crippen LogP contribution in [0.1, 0.15) is 49.3 Å². The van der Waals surface area contributed by atoms with Crippen LogP contribution < -0.4 is 10.1 Å². The van der Waals surface area contributed by atoms with Gasteiger partial charge in [-0.15, -0.1) is 0 Å². The molecule has 3 nitrogen and oxygen atoms in total. The van der Waals surface area contributed by atoms with E-state index in [1.807, 2.05) is 12.1 Å². The number of fused-ring (bicyclic) bond motifs is 1. The monoisotopic (exact) mass is 389 g/mol. The zero-order valence-corrected chi connectivity index (χ0v) is 17.5. The highest BCUT2D eigenvalue weighted by Crippen LogP contribution is 2.27. The standard InChI is InChI=1S/C26H31NO2/c1-3-4-6-11-26(28)27-15-14-23-18-21(16-20-9-7-5-8-10-20)17-22-12-13-24(29-2)19-25(22)23/h5,7-10,12-13,17-19H,3-4,6,11,14-16H2,1-2H3,(H,27,28). The van der Waals surface area contributed by atoms with Crippen molar-refractivity contribution >= 4 is 16.7 Å². The molecule has 0 radical (unpaired) electrons. The molecule has 0 heterocycles. The number of benzene rings is 3. The third-order valence-corrected chi connectivity index (χ3v) is 5.28. The predicted molar refractivity (Wildman–Crippen MR) is 121 cm³/mol. The predicted octanol–water partition coefficient (Wildman–Crippen LogP) is 5.68. The first-order chi connectivity index (χ1) is 14.2. The number of amides is 1. The molecule has 152 valence electrons. The van der Waals surface area contributed by atoms with Crippen molar-refractivity contribution in [3.63, 3.8) is 0 Å². The molecule has 0 saturated heterocycles. The summed E-state index contributed by atoms with van der Waals surface area (Å²) in [6.45, 7) is 2.81. The summed E-state index contributed by atoms with van der Waals surface area (Å²) >= 11 is 0. The average Bonchev–Trinajstić information content (AvgIpc) is 2.74. The molecule has 0 fully saturated rings. The van der Waals surface area contributed by atoms with E-state index in [2.05, 4.69) is 60.8 Å². The number of carbonyl (C=O) groups is 1. The molecule has 0 saturated carbocycles. The summed E-state index contributed by atoms with van der Waals surface area (Å²) in [7, 11) is 1.70. The van der Waals surface area contributed by atoms with Gasteiger partial charge in [-0.1, -0.05) is 68.3 Å². The van der Waals surface area contributed by atoms with Gasteiger partial charge in [0.1, 0.15) is 5.75 Å². The number of carbonyl (C=O) groups excluding carboxylic acids is 1. The van der Waals surface area contributed by atoms with Crippen molar-refractivity contribution in [3.8, 4) is 5.75 Å². The molecule has 0 bridgehead atoms. The fourth-order valence-corrected chi connectivity index (χ4v) is 3.71. The van der Waals surface area contributed by atoms with E-state index in [-0.39, 0.29) is 5.91 Å². The number of hydrogen-bond donors (Lipinski definition) is 1. The highest BCUT2D eigenvalue weighted by Gasteiger charge is 2.08. The lowest BCUT2D eigenvalue weighted by atomic mass is 9.95. The molecule has 3 aromatic rings. The van der Waals surface area contributed by atoms with E-state index in [0.29, 0.717) is 13.0 Å². The molecule has 0 unspecified atom stereocenters. The first-order valence-electron chi connectivity index (χ1n) is 10.6. The van der Waals surface area contributed by atoms with Crippen molar-refractivity contribution in [2.24, 2.45) is 0 Å². The van der Waals surface area contributed by atoms with E-state index in [1.165, 1.54) is 27.5 Å². The van der Waals surface area contributed by atoms with Crippen molar-refractivity contribution < 1.29 is 9.53 Å². The van der Waals surface area contributed by atoms with Gasteiger partial charge in [0.05, 0.1) is 7.11 Å². The van der Waals surface area contributed by atoms with Gasteiger partial charge >= 0.3 is 0 Å². The van der Waals surface area contributed by atoms with E-state index in [1.54, 1.807) is 7.11 Å². The van der Waals surface area contributed by atoms with E-state index in [4.69, 9.17) is 4.74 Å². The second kappa shape index (κ2) is 10.7. The number of nitrogens with one attached hydrogen (secondary N) is 1. The highest BCUT2D eigenvalue weighted by molar-refractivity contribution is 5.88. The summed E-state index contributed by atoms with van der Waals surface area (Å²) in [5.41, 5.74) is 3.84. The molecule has 0 aliphatic heterocycles. The van der Waals surface area contributed by atoms with Crippen LogP contribution in [0.5, 0.6) is 5.75 Å². The number of hydrogen-bond acceptors (Lipinski definition) is 2. The molecule has 3 rings (SSSR count). The SMILES string of the molecule is CCCCCC(=O)NCCc1cc(Cc2ccccc2)cc2ccc(OC)cc12. The Kier molecular flexibility index (Phi) is 7.69. The van der Waals surface area contributed by atoms with Crippen molar-refractivity contribution in [3.05, 3.63) is 77.4 Å². The van der Waals surface area contributed by atoms with Crippen LogP contribution in [0.4, 0.5) is 0 Å². The van der Waals surface area contributed by atoms with E-state index in [0.717, 1.165) is 37.9 Å². The summed E-state index contributed by atoms with van der Waals surface area (Å²) in [4.78, 5) is 12.0. The second-order valence-corrected chi connectivity index (χ2v) is 7.56. The van der Waals surface area contributed by atoms with Crippen molar-refractivity contribution in [1.29, 1.82) is 0 Å². The summed E-state index contributed by atoms with van der Waals surface area (Å²) < 4.78 is 5.43. The Hall–Kier alpha value is -2.81. The molecule has 1 N–H and O–H groups in total. The summed E-state index contributed by atoms with van der Waals surface area (Å²) in [5.74, 6) is 1.01. The molecule has 0 aliphatic rings. The molecule has 1 amide bonds. The first kappa shape index (κ1) is 20.9. The molecule has 0 aromatic heterocycles. The fourth-order valence-electron chi connectivity index (χ4n) is 3.71. The lowest BCUT2D eigenvalue weighted by molar-refractivity contribution is -0.121. The van der Waals surface area contributed by atoms with Gasteiger partial charge in [0.15, 0.2) is 0 Å². The topological polar surface area (TPSA) is 38.3 Å². The van der Waals surface area contributed by atoms with E-state index >= 15 is 0 Å². The number of rotatable bonds is 10. The third-order valence-electron chi connectivity index (χ3n) is 5.28. The minimum Gasteiger partial charge on any atom is -0.497 e. The molecule has 3 heteroatoms. The Labute approximate surface area is 174 Å². The molecule has 0 atom stereocenters. The molecule has 29 heavy (non-hydrogen) atoms. The third kappa shape index (κ3) is 6.08.